The molecule has 0 spiro atoms. The zero-order chi connectivity index (χ0) is 17.6. The molecule has 0 atom stereocenters. The first-order valence-corrected chi connectivity index (χ1v) is 9.27. The van der Waals surface area contributed by atoms with E-state index >= 15 is 0 Å². The highest BCUT2D eigenvalue weighted by Crippen LogP contribution is 2.18. The normalized spacial score (nSPS) is 15.9. The lowest BCUT2D eigenvalue weighted by Crippen LogP contribution is -2.48. The van der Waals surface area contributed by atoms with Crippen LogP contribution in [0.4, 0.5) is 4.79 Å². The Kier molecular flexibility index (Phi) is 6.54. The number of nitrogens with zero attached hydrogens (tertiary/aromatic N) is 1. The number of carbonyl (C=O) groups is 2. The molecule has 0 unspecified atom stereocenters. The maximum atomic E-state index is 12.1. The second kappa shape index (κ2) is 8.42. The van der Waals surface area contributed by atoms with Gasteiger partial charge in [0, 0.05) is 24.0 Å². The molecule has 2 rings (SSSR count). The summed E-state index contributed by atoms with van der Waals surface area (Å²) in [7, 11) is 0. The minimum atomic E-state index is -0.475. The smallest absolute Gasteiger partial charge is 0.410 e. The summed E-state index contributed by atoms with van der Waals surface area (Å²) in [6.45, 7) is 6.82. The number of thioether (sulfide) groups is 1. The van der Waals surface area contributed by atoms with E-state index in [0.29, 0.717) is 18.8 Å². The summed E-state index contributed by atoms with van der Waals surface area (Å²) < 4.78 is 5.38. The van der Waals surface area contributed by atoms with Gasteiger partial charge in [-0.3, -0.25) is 4.79 Å². The quantitative estimate of drug-likeness (QED) is 0.847. The maximum Gasteiger partial charge on any atom is 0.410 e. The highest BCUT2D eigenvalue weighted by molar-refractivity contribution is 8.00. The molecule has 1 aliphatic heterocycles. The maximum absolute atomic E-state index is 12.1. The molecule has 0 bridgehead atoms. The van der Waals surface area contributed by atoms with Crippen molar-refractivity contribution in [1.82, 2.24) is 10.2 Å². The SMILES string of the molecule is CC(C)(C)OC(=O)N1CCC(NC(=O)CSc2ccccc2)CC1. The number of rotatable bonds is 4. The summed E-state index contributed by atoms with van der Waals surface area (Å²) in [5.41, 5.74) is -0.475. The number of hydrogen-bond donors (Lipinski definition) is 1. The second-order valence-electron chi connectivity index (χ2n) is 6.91. The number of carbonyl (C=O) groups excluding carboxylic acids is 2. The molecule has 1 aliphatic rings. The summed E-state index contributed by atoms with van der Waals surface area (Å²) >= 11 is 1.53. The van der Waals surface area contributed by atoms with Crippen molar-refractivity contribution in [3.63, 3.8) is 0 Å². The van der Waals surface area contributed by atoms with Gasteiger partial charge in [-0.2, -0.15) is 0 Å². The third kappa shape index (κ3) is 6.43. The van der Waals surface area contributed by atoms with E-state index in [2.05, 4.69) is 5.32 Å². The van der Waals surface area contributed by atoms with Crippen LogP contribution in [0.1, 0.15) is 33.6 Å². The summed E-state index contributed by atoms with van der Waals surface area (Å²) in [5, 5.41) is 3.06. The molecule has 1 aromatic rings. The first-order chi connectivity index (χ1) is 11.3. The van der Waals surface area contributed by atoms with Crippen LogP contribution in [-0.4, -0.2) is 47.4 Å². The van der Waals surface area contributed by atoms with Crippen LogP contribution >= 0.6 is 11.8 Å². The number of ether oxygens (including phenoxy) is 1. The Morgan fingerprint density at radius 3 is 2.42 bits per heavy atom. The van der Waals surface area contributed by atoms with Crippen LogP contribution < -0.4 is 5.32 Å². The number of piperidine rings is 1. The van der Waals surface area contributed by atoms with Gasteiger partial charge >= 0.3 is 6.09 Å². The van der Waals surface area contributed by atoms with E-state index in [4.69, 9.17) is 4.74 Å². The summed E-state index contributed by atoms with van der Waals surface area (Å²) in [5.74, 6) is 0.454. The van der Waals surface area contributed by atoms with Gasteiger partial charge in [0.1, 0.15) is 5.60 Å². The standard InChI is InChI=1S/C18H26N2O3S/c1-18(2,3)23-17(22)20-11-9-14(10-12-20)19-16(21)13-24-15-7-5-4-6-8-15/h4-8,14H,9-13H2,1-3H3,(H,19,21). The topological polar surface area (TPSA) is 58.6 Å². The van der Waals surface area contributed by atoms with Crippen LogP contribution in [0, 0.1) is 0 Å². The molecule has 0 aliphatic carbocycles. The number of benzene rings is 1. The van der Waals surface area contributed by atoms with Crippen LogP contribution in [0.3, 0.4) is 0 Å². The van der Waals surface area contributed by atoms with Gasteiger partial charge in [0.05, 0.1) is 5.75 Å². The van der Waals surface area contributed by atoms with Crippen molar-refractivity contribution in [2.24, 2.45) is 0 Å². The molecule has 0 radical (unpaired) electrons. The lowest BCUT2D eigenvalue weighted by atomic mass is 10.1. The van der Waals surface area contributed by atoms with Crippen molar-refractivity contribution >= 4 is 23.8 Å². The monoisotopic (exact) mass is 350 g/mol. The van der Waals surface area contributed by atoms with E-state index in [9.17, 15) is 9.59 Å². The highest BCUT2D eigenvalue weighted by atomic mass is 32.2. The molecule has 1 heterocycles. The Hall–Kier alpha value is -1.69. The molecular formula is C18H26N2O3S. The lowest BCUT2D eigenvalue weighted by molar-refractivity contribution is -0.119. The average Bonchev–Trinajstić information content (AvgIpc) is 2.53. The highest BCUT2D eigenvalue weighted by Gasteiger charge is 2.27. The molecule has 2 amide bonds. The van der Waals surface area contributed by atoms with Crippen molar-refractivity contribution in [2.45, 2.75) is 50.2 Å². The fraction of sp³-hybridized carbons (Fsp3) is 0.556. The number of likely N-dealkylation sites (tertiary alicyclic amines) is 1. The van der Waals surface area contributed by atoms with Gasteiger partial charge in [-0.15, -0.1) is 11.8 Å². The molecular weight excluding hydrogens is 324 g/mol. The number of amides is 2. The molecule has 132 valence electrons. The Morgan fingerprint density at radius 2 is 1.83 bits per heavy atom. The zero-order valence-electron chi connectivity index (χ0n) is 14.6. The lowest BCUT2D eigenvalue weighted by Gasteiger charge is -2.33. The molecule has 6 heteroatoms. The molecule has 1 saturated heterocycles. The number of nitrogens with one attached hydrogen (secondary N) is 1. The van der Waals surface area contributed by atoms with E-state index in [-0.39, 0.29) is 18.0 Å². The van der Waals surface area contributed by atoms with E-state index < -0.39 is 5.60 Å². The molecule has 24 heavy (non-hydrogen) atoms. The van der Waals surface area contributed by atoms with Crippen molar-refractivity contribution in [3.05, 3.63) is 30.3 Å². The van der Waals surface area contributed by atoms with Crippen LogP contribution in [0.5, 0.6) is 0 Å². The van der Waals surface area contributed by atoms with E-state index in [1.54, 1.807) is 4.90 Å². The van der Waals surface area contributed by atoms with Crippen LogP contribution in [0.25, 0.3) is 0 Å². The molecule has 0 aromatic heterocycles. The predicted octanol–water partition coefficient (Wildman–Crippen LogP) is 3.29. The Balaban J connectivity index is 1.69. The Morgan fingerprint density at radius 1 is 1.21 bits per heavy atom. The molecule has 1 N–H and O–H groups in total. The Bertz CT molecular complexity index is 549. The van der Waals surface area contributed by atoms with Gasteiger partial charge in [0.15, 0.2) is 0 Å². The van der Waals surface area contributed by atoms with Crippen molar-refractivity contribution in [2.75, 3.05) is 18.8 Å². The van der Waals surface area contributed by atoms with Crippen LogP contribution in [0.15, 0.2) is 35.2 Å². The fourth-order valence-electron chi connectivity index (χ4n) is 2.47. The molecule has 0 saturated carbocycles. The minimum Gasteiger partial charge on any atom is -0.444 e. The Labute approximate surface area is 148 Å². The predicted molar refractivity (Wildman–Crippen MR) is 96.1 cm³/mol. The van der Waals surface area contributed by atoms with Gasteiger partial charge < -0.3 is 15.0 Å². The van der Waals surface area contributed by atoms with Crippen molar-refractivity contribution in [3.8, 4) is 0 Å². The van der Waals surface area contributed by atoms with Gasteiger partial charge in [0.2, 0.25) is 5.91 Å². The summed E-state index contributed by atoms with van der Waals surface area (Å²) in [6, 6.07) is 10.0. The zero-order valence-corrected chi connectivity index (χ0v) is 15.4. The summed E-state index contributed by atoms with van der Waals surface area (Å²) in [4.78, 5) is 26.9. The third-order valence-electron chi connectivity index (χ3n) is 3.62. The van der Waals surface area contributed by atoms with E-state index in [1.807, 2.05) is 51.1 Å². The van der Waals surface area contributed by atoms with E-state index in [0.717, 1.165) is 17.7 Å². The van der Waals surface area contributed by atoms with Gasteiger partial charge in [-0.05, 0) is 45.7 Å². The van der Waals surface area contributed by atoms with Gasteiger partial charge in [-0.25, -0.2) is 4.79 Å². The van der Waals surface area contributed by atoms with E-state index in [1.165, 1.54) is 11.8 Å². The number of hydrogen-bond acceptors (Lipinski definition) is 4. The van der Waals surface area contributed by atoms with Crippen molar-refractivity contribution < 1.29 is 14.3 Å². The average molecular weight is 350 g/mol. The largest absolute Gasteiger partial charge is 0.444 e. The van der Waals surface area contributed by atoms with Crippen molar-refractivity contribution in [1.29, 1.82) is 0 Å². The molecule has 1 aromatic carbocycles. The second-order valence-corrected chi connectivity index (χ2v) is 7.96. The molecule has 1 fully saturated rings. The fourth-order valence-corrected chi connectivity index (χ4v) is 3.20. The van der Waals surface area contributed by atoms with Gasteiger partial charge in [0.25, 0.3) is 0 Å². The van der Waals surface area contributed by atoms with Gasteiger partial charge in [-0.1, -0.05) is 18.2 Å². The molecule has 5 nitrogen and oxygen atoms in total. The first kappa shape index (κ1) is 18.6. The summed E-state index contributed by atoms with van der Waals surface area (Å²) in [6.07, 6.45) is 1.26. The van der Waals surface area contributed by atoms with Crippen LogP contribution in [0.2, 0.25) is 0 Å². The van der Waals surface area contributed by atoms with Crippen LogP contribution in [-0.2, 0) is 9.53 Å². The minimum absolute atomic E-state index is 0.0413. The third-order valence-corrected chi connectivity index (χ3v) is 4.64. The first-order valence-electron chi connectivity index (χ1n) is 8.28.